The summed E-state index contributed by atoms with van der Waals surface area (Å²) in [6, 6.07) is 52.1. The summed E-state index contributed by atoms with van der Waals surface area (Å²) in [5, 5.41) is 8.16. The second kappa shape index (κ2) is 11.9. The molecule has 5 heterocycles. The molecule has 5 aromatic heterocycles. The van der Waals surface area contributed by atoms with Crippen molar-refractivity contribution in [3.8, 4) is 29.0 Å². The maximum absolute atomic E-state index is 9.81. The van der Waals surface area contributed by atoms with E-state index in [0.717, 1.165) is 85.6 Å². The Balaban J connectivity index is 1.22. The van der Waals surface area contributed by atoms with Crippen molar-refractivity contribution in [1.82, 2.24) is 28.7 Å². The molecule has 0 bridgehead atoms. The lowest BCUT2D eigenvalue weighted by atomic mass is 10.1. The average molecular weight is 763 g/mol. The van der Waals surface area contributed by atoms with Crippen LogP contribution in [0, 0.1) is 0 Å². The third-order valence-corrected chi connectivity index (χ3v) is 12.6. The summed E-state index contributed by atoms with van der Waals surface area (Å²) in [6.07, 6.45) is 0. The van der Waals surface area contributed by atoms with Gasteiger partial charge in [0.05, 0.1) is 44.3 Å². The van der Waals surface area contributed by atoms with Crippen molar-refractivity contribution in [1.29, 1.82) is 0 Å². The minimum atomic E-state index is -0.377. The zero-order valence-corrected chi connectivity index (χ0v) is 31.4. The van der Waals surface area contributed by atoms with Gasteiger partial charge in [-0.2, -0.15) is 15.0 Å². The fourth-order valence-electron chi connectivity index (χ4n) is 9.07. The van der Waals surface area contributed by atoms with Crippen LogP contribution in [0.2, 0.25) is 0 Å². The minimum absolute atomic E-state index is 0.115. The molecule has 0 saturated heterocycles. The third-order valence-electron chi connectivity index (χ3n) is 11.5. The third kappa shape index (κ3) is 4.33. The standard InChI is InChI=1S/C51H30N6S/c1-9-23-40-31(15-1)32-16-2-10-24-41(32)56(40)50-52-49(53-51(54-50)57-42-25-11-3-17-33(42)34-18-4-12-26-43(34)57)37-20-6-13-27-44(37)55-39-22-8-5-19-35(39)36-29-30-46-47(48(36)55)38-21-7-14-28-45(38)58-46/h1-30H/i6D,13D,20D,27D. The van der Waals surface area contributed by atoms with Crippen LogP contribution in [0.5, 0.6) is 0 Å². The van der Waals surface area contributed by atoms with Gasteiger partial charge in [-0.3, -0.25) is 9.13 Å². The van der Waals surface area contributed by atoms with Gasteiger partial charge in [0.2, 0.25) is 11.9 Å². The fourth-order valence-corrected chi connectivity index (χ4v) is 10.2. The molecule has 58 heavy (non-hydrogen) atoms. The second-order valence-corrected chi connectivity index (χ2v) is 15.6. The number of fused-ring (bicyclic) bond motifs is 13. The predicted molar refractivity (Wildman–Crippen MR) is 241 cm³/mol. The lowest BCUT2D eigenvalue weighted by Gasteiger charge is -2.16. The summed E-state index contributed by atoms with van der Waals surface area (Å²) in [6.45, 7) is 0. The normalized spacial score (nSPS) is 13.1. The number of hydrogen-bond donors (Lipinski definition) is 0. The number of benzene rings is 8. The maximum atomic E-state index is 9.81. The molecule has 0 atom stereocenters. The molecular formula is C51H30N6S. The first-order valence-corrected chi connectivity index (χ1v) is 20.0. The van der Waals surface area contributed by atoms with Crippen molar-refractivity contribution < 1.29 is 5.48 Å². The van der Waals surface area contributed by atoms with Crippen LogP contribution in [0.25, 0.3) is 115 Å². The van der Waals surface area contributed by atoms with Crippen molar-refractivity contribution in [2.24, 2.45) is 0 Å². The first kappa shape index (κ1) is 27.9. The number of aromatic nitrogens is 6. The van der Waals surface area contributed by atoms with Crippen LogP contribution in [-0.4, -0.2) is 28.7 Å². The number of hydrogen-bond acceptors (Lipinski definition) is 4. The Hall–Kier alpha value is -7.61. The van der Waals surface area contributed by atoms with Crippen LogP contribution in [0.4, 0.5) is 0 Å². The summed E-state index contributed by atoms with van der Waals surface area (Å²) < 4.78 is 46.2. The van der Waals surface area contributed by atoms with Crippen molar-refractivity contribution in [3.63, 3.8) is 0 Å². The van der Waals surface area contributed by atoms with Gasteiger partial charge in [0.1, 0.15) is 0 Å². The second-order valence-electron chi connectivity index (χ2n) is 14.5. The number of para-hydroxylation sites is 6. The SMILES string of the molecule is [2H]c1c([2H])c([2H])c(-n2c3ccccc3c3ccc4sc5ccccc5c4c32)c(-c2nc(-n3c4ccccc4c4ccccc43)nc(-n3c4ccccc4c4ccccc43)n2)c1[2H]. The summed E-state index contributed by atoms with van der Waals surface area (Å²) in [7, 11) is 0. The molecule has 0 aliphatic rings. The summed E-state index contributed by atoms with van der Waals surface area (Å²) in [5.41, 5.74) is 5.65. The highest BCUT2D eigenvalue weighted by Gasteiger charge is 2.24. The Labute approximate surface area is 340 Å². The van der Waals surface area contributed by atoms with Crippen molar-refractivity contribution >= 4 is 96.9 Å². The molecule has 0 saturated carbocycles. The van der Waals surface area contributed by atoms with Gasteiger partial charge in [-0.1, -0.05) is 127 Å². The smallest absolute Gasteiger partial charge is 0.240 e. The van der Waals surface area contributed by atoms with E-state index in [9.17, 15) is 5.48 Å². The zero-order valence-electron chi connectivity index (χ0n) is 34.6. The molecule has 13 rings (SSSR count). The van der Waals surface area contributed by atoms with Gasteiger partial charge in [-0.25, -0.2) is 0 Å². The van der Waals surface area contributed by atoms with Crippen molar-refractivity contribution in [3.05, 3.63) is 182 Å². The van der Waals surface area contributed by atoms with E-state index >= 15 is 0 Å². The van der Waals surface area contributed by atoms with Crippen LogP contribution >= 0.6 is 11.3 Å². The lowest BCUT2D eigenvalue weighted by molar-refractivity contribution is 0.892. The van der Waals surface area contributed by atoms with E-state index in [2.05, 4.69) is 54.6 Å². The van der Waals surface area contributed by atoms with Crippen molar-refractivity contribution in [2.75, 3.05) is 0 Å². The van der Waals surface area contributed by atoms with Gasteiger partial charge in [0.25, 0.3) is 0 Å². The molecule has 0 spiro atoms. The average Bonchev–Trinajstić information content (AvgIpc) is 4.06. The molecule has 0 aliphatic carbocycles. The monoisotopic (exact) mass is 762 g/mol. The first-order chi connectivity index (χ1) is 30.5. The quantitative estimate of drug-likeness (QED) is 0.179. The van der Waals surface area contributed by atoms with Gasteiger partial charge in [-0.05, 0) is 54.5 Å². The van der Waals surface area contributed by atoms with Crippen LogP contribution in [-0.2, 0) is 0 Å². The maximum Gasteiger partial charge on any atom is 0.240 e. The summed E-state index contributed by atoms with van der Waals surface area (Å²) in [5.74, 6) is 0.746. The summed E-state index contributed by atoms with van der Waals surface area (Å²) in [4.78, 5) is 15.9. The van der Waals surface area contributed by atoms with Gasteiger partial charge >= 0.3 is 0 Å². The van der Waals surface area contributed by atoms with Gasteiger partial charge in [0.15, 0.2) is 5.82 Å². The number of thiophene rings is 1. The number of nitrogens with zero attached hydrogens (tertiary/aromatic N) is 6. The molecule has 13 aromatic rings. The van der Waals surface area contributed by atoms with Gasteiger partial charge in [-0.15, -0.1) is 11.3 Å². The van der Waals surface area contributed by atoms with Crippen LogP contribution in [0.3, 0.4) is 0 Å². The van der Waals surface area contributed by atoms with E-state index in [1.165, 1.54) is 0 Å². The Morgan fingerprint density at radius 1 is 0.397 bits per heavy atom. The van der Waals surface area contributed by atoms with Crippen LogP contribution in [0.15, 0.2) is 182 Å². The topological polar surface area (TPSA) is 53.5 Å². The van der Waals surface area contributed by atoms with E-state index in [1.807, 2.05) is 117 Å². The molecule has 6 nitrogen and oxygen atoms in total. The van der Waals surface area contributed by atoms with E-state index in [-0.39, 0.29) is 41.2 Å². The largest absolute Gasteiger partial charge is 0.308 e. The van der Waals surface area contributed by atoms with Crippen LogP contribution in [0.1, 0.15) is 5.48 Å². The molecule has 0 aliphatic heterocycles. The van der Waals surface area contributed by atoms with Crippen LogP contribution < -0.4 is 0 Å². The van der Waals surface area contributed by atoms with Crippen molar-refractivity contribution in [2.45, 2.75) is 0 Å². The molecule has 0 N–H and O–H groups in total. The highest BCUT2D eigenvalue weighted by Crippen LogP contribution is 2.44. The number of rotatable bonds is 4. The van der Waals surface area contributed by atoms with E-state index in [0.29, 0.717) is 11.9 Å². The van der Waals surface area contributed by atoms with E-state index < -0.39 is 0 Å². The molecule has 0 fully saturated rings. The molecule has 0 amide bonds. The zero-order chi connectivity index (χ0) is 41.4. The highest BCUT2D eigenvalue weighted by atomic mass is 32.1. The Bertz CT molecular complexity index is 3830. The molecule has 8 aromatic carbocycles. The van der Waals surface area contributed by atoms with E-state index in [4.69, 9.17) is 15.0 Å². The predicted octanol–water partition coefficient (Wildman–Crippen LogP) is 13.2. The highest BCUT2D eigenvalue weighted by molar-refractivity contribution is 7.26. The molecule has 270 valence electrons. The summed E-state index contributed by atoms with van der Waals surface area (Å²) >= 11 is 1.71. The molecule has 0 unspecified atom stereocenters. The van der Waals surface area contributed by atoms with Gasteiger partial charge in [0, 0.05) is 58.1 Å². The van der Waals surface area contributed by atoms with Gasteiger partial charge < -0.3 is 4.57 Å². The Morgan fingerprint density at radius 3 is 1.40 bits per heavy atom. The lowest BCUT2D eigenvalue weighted by Crippen LogP contribution is -2.11. The molecule has 0 radical (unpaired) electrons. The minimum Gasteiger partial charge on any atom is -0.308 e. The Morgan fingerprint density at radius 2 is 0.845 bits per heavy atom. The fraction of sp³-hybridized carbons (Fsp3) is 0. The first-order valence-electron chi connectivity index (χ1n) is 21.1. The molecule has 7 heteroatoms. The molecular weight excluding hydrogens is 729 g/mol. The Kier molecular flexibility index (Phi) is 5.74. The van der Waals surface area contributed by atoms with E-state index in [1.54, 1.807) is 11.3 Å².